The molecule has 2 N–H and O–H groups in total. The summed E-state index contributed by atoms with van der Waals surface area (Å²) in [7, 11) is 2.11. The molecule has 2 saturated heterocycles. The van der Waals surface area contributed by atoms with Crippen LogP contribution in [0.4, 0.5) is 0 Å². The fourth-order valence-corrected chi connectivity index (χ4v) is 6.68. The molecule has 5 aliphatic rings. The molecule has 1 saturated carbocycles. The molecule has 2 aliphatic carbocycles. The summed E-state index contributed by atoms with van der Waals surface area (Å²) in [6.07, 6.45) is 1.92. The van der Waals surface area contributed by atoms with Crippen molar-refractivity contribution >= 4 is 11.0 Å². The van der Waals surface area contributed by atoms with Crippen LogP contribution in [0, 0.1) is 0 Å². The summed E-state index contributed by atoms with van der Waals surface area (Å²) in [5.74, 6) is 1.45. The van der Waals surface area contributed by atoms with Crippen molar-refractivity contribution < 1.29 is 19.4 Å². The largest absolute Gasteiger partial charge is 0.504 e. The van der Waals surface area contributed by atoms with Gasteiger partial charge in [-0.1, -0.05) is 30.3 Å². The number of para-hydroxylation sites is 2. The van der Waals surface area contributed by atoms with Gasteiger partial charge in [-0.05, 0) is 32.0 Å². The Morgan fingerprint density at radius 3 is 2.86 bits per heavy atom. The van der Waals surface area contributed by atoms with Crippen molar-refractivity contribution in [1.29, 1.82) is 0 Å². The van der Waals surface area contributed by atoms with Crippen LogP contribution in [-0.2, 0) is 11.8 Å². The highest BCUT2D eigenvalue weighted by molar-refractivity contribution is 5.83. The van der Waals surface area contributed by atoms with Gasteiger partial charge in [-0.25, -0.2) is 0 Å². The third kappa shape index (κ3) is 1.42. The van der Waals surface area contributed by atoms with E-state index in [1.165, 1.54) is 0 Å². The van der Waals surface area contributed by atoms with Gasteiger partial charge in [0.25, 0.3) is 0 Å². The van der Waals surface area contributed by atoms with Crippen LogP contribution in [0.1, 0.15) is 35.8 Å². The van der Waals surface area contributed by atoms with Gasteiger partial charge in [0.15, 0.2) is 17.6 Å². The molecule has 5 atom stereocenters. The van der Waals surface area contributed by atoms with Gasteiger partial charge in [-0.3, -0.25) is 4.90 Å². The summed E-state index contributed by atoms with van der Waals surface area (Å²) < 4.78 is 12.7. The van der Waals surface area contributed by atoms with Gasteiger partial charge >= 0.3 is 0 Å². The van der Waals surface area contributed by atoms with Crippen molar-refractivity contribution in [3.8, 4) is 11.5 Å². The number of piperidine rings is 1. The summed E-state index contributed by atoms with van der Waals surface area (Å²) in [5.41, 5.74) is 1.23. The van der Waals surface area contributed by atoms with Crippen molar-refractivity contribution in [2.24, 2.45) is 0 Å². The number of nitrogens with zero attached hydrogens (tertiary/aromatic N) is 1. The summed E-state index contributed by atoms with van der Waals surface area (Å²) >= 11 is 0. The highest BCUT2D eigenvalue weighted by atomic mass is 16.5. The Balaban J connectivity index is 1.58. The molecule has 2 unspecified atom stereocenters. The molecule has 28 heavy (non-hydrogen) atoms. The molecule has 1 aromatic heterocycles. The molecular weight excluding hydrogens is 354 g/mol. The fourth-order valence-electron chi connectivity index (χ4n) is 6.68. The SMILES string of the molecule is CN1C2C[C@@H]1[C@]1(O)Cc3c(oc4ccccc34)C3Oc4c(O)cccc4[C@@]31C2. The predicted octanol–water partition coefficient (Wildman–Crippen LogP) is 3.27. The number of rotatable bonds is 0. The Kier molecular flexibility index (Phi) is 2.51. The van der Waals surface area contributed by atoms with Gasteiger partial charge in [0.1, 0.15) is 11.3 Å². The zero-order chi connectivity index (χ0) is 18.8. The zero-order valence-corrected chi connectivity index (χ0v) is 15.6. The topological polar surface area (TPSA) is 66.1 Å². The first-order valence-electron chi connectivity index (χ1n) is 9.98. The molecule has 0 amide bonds. The minimum Gasteiger partial charge on any atom is -0.504 e. The number of hydrogen-bond donors (Lipinski definition) is 2. The summed E-state index contributed by atoms with van der Waals surface area (Å²) in [6.45, 7) is 0. The molecule has 2 aromatic carbocycles. The Morgan fingerprint density at radius 1 is 1.14 bits per heavy atom. The monoisotopic (exact) mass is 375 g/mol. The van der Waals surface area contributed by atoms with Crippen LogP contribution >= 0.6 is 0 Å². The van der Waals surface area contributed by atoms with E-state index in [0.29, 0.717) is 18.2 Å². The van der Waals surface area contributed by atoms with Crippen LogP contribution in [0.5, 0.6) is 11.5 Å². The lowest BCUT2D eigenvalue weighted by molar-refractivity contribution is -0.227. The maximum absolute atomic E-state index is 12.3. The first kappa shape index (κ1) is 15.4. The molecule has 5 heteroatoms. The van der Waals surface area contributed by atoms with Gasteiger partial charge in [0.05, 0.1) is 11.0 Å². The van der Waals surface area contributed by atoms with E-state index in [-0.39, 0.29) is 11.8 Å². The quantitative estimate of drug-likeness (QED) is 0.631. The van der Waals surface area contributed by atoms with Crippen LogP contribution in [0.25, 0.3) is 11.0 Å². The molecule has 1 spiro atoms. The van der Waals surface area contributed by atoms with E-state index in [2.05, 4.69) is 18.0 Å². The summed E-state index contributed by atoms with van der Waals surface area (Å²) in [6, 6.07) is 14.0. The molecule has 3 fully saturated rings. The van der Waals surface area contributed by atoms with Crippen LogP contribution in [0.2, 0.25) is 0 Å². The second-order valence-corrected chi connectivity index (χ2v) is 8.94. The smallest absolute Gasteiger partial charge is 0.169 e. The number of hydrogen-bond acceptors (Lipinski definition) is 5. The number of benzene rings is 2. The molecule has 4 heterocycles. The van der Waals surface area contributed by atoms with Gasteiger partial charge in [0.2, 0.25) is 0 Å². The molecular formula is C23H21NO4. The van der Waals surface area contributed by atoms with E-state index >= 15 is 0 Å². The normalized spacial score (nSPS) is 37.4. The van der Waals surface area contributed by atoms with Gasteiger partial charge in [0, 0.05) is 35.0 Å². The van der Waals surface area contributed by atoms with E-state index in [1.807, 2.05) is 30.3 Å². The third-order valence-electron chi connectivity index (χ3n) is 8.02. The average molecular weight is 375 g/mol. The Labute approximate surface area is 162 Å². The van der Waals surface area contributed by atoms with E-state index in [4.69, 9.17) is 9.15 Å². The number of aromatic hydroxyl groups is 1. The number of furan rings is 1. The Bertz CT molecular complexity index is 1170. The van der Waals surface area contributed by atoms with Crippen molar-refractivity contribution in [3.63, 3.8) is 0 Å². The second-order valence-electron chi connectivity index (χ2n) is 8.94. The van der Waals surface area contributed by atoms with Crippen LogP contribution in [0.15, 0.2) is 46.9 Å². The van der Waals surface area contributed by atoms with Crippen molar-refractivity contribution in [2.75, 3.05) is 7.05 Å². The average Bonchev–Trinajstić information content (AvgIpc) is 3.22. The predicted molar refractivity (Wildman–Crippen MR) is 103 cm³/mol. The van der Waals surface area contributed by atoms with E-state index in [0.717, 1.165) is 40.7 Å². The van der Waals surface area contributed by atoms with Crippen molar-refractivity contribution in [1.82, 2.24) is 4.90 Å². The molecule has 2 bridgehead atoms. The number of fused-ring (bicyclic) bond motifs is 5. The van der Waals surface area contributed by atoms with Gasteiger partial charge < -0.3 is 19.4 Å². The third-order valence-corrected chi connectivity index (χ3v) is 8.02. The summed E-state index contributed by atoms with van der Waals surface area (Å²) in [4.78, 5) is 2.32. The number of aliphatic hydroxyl groups is 1. The Hall–Kier alpha value is -2.50. The first-order valence-corrected chi connectivity index (χ1v) is 9.98. The van der Waals surface area contributed by atoms with Gasteiger partial charge in [-0.15, -0.1) is 0 Å². The highest BCUT2D eigenvalue weighted by Gasteiger charge is 2.75. The fraction of sp³-hybridized carbons (Fsp3) is 0.391. The molecule has 142 valence electrons. The van der Waals surface area contributed by atoms with E-state index in [9.17, 15) is 10.2 Å². The molecule has 8 rings (SSSR count). The standard InChI is InChI=1S/C23H21NO4/c1-24-12-9-18(24)23(26)11-14-13-5-2-3-8-17(13)27-19(14)21-22(23,10-12)15-6-4-7-16(25)20(15)28-21/h2-8,12,18,21,25-26H,9-11H2,1H3/t12?,18-,21?,22+,23-/m1/s1. The maximum atomic E-state index is 12.3. The van der Waals surface area contributed by atoms with E-state index in [1.54, 1.807) is 6.07 Å². The number of ether oxygens (including phenoxy) is 1. The first-order chi connectivity index (χ1) is 13.5. The number of phenols is 1. The molecule has 0 radical (unpaired) electrons. The lowest BCUT2D eigenvalue weighted by Gasteiger charge is -2.68. The Morgan fingerprint density at radius 2 is 2.00 bits per heavy atom. The number of likely N-dealkylation sites (N-methyl/N-ethyl adjacent to an activating group) is 1. The lowest BCUT2D eigenvalue weighted by Crippen LogP contribution is -2.79. The maximum Gasteiger partial charge on any atom is 0.169 e. The minimum atomic E-state index is -0.972. The van der Waals surface area contributed by atoms with E-state index < -0.39 is 17.1 Å². The van der Waals surface area contributed by atoms with Crippen molar-refractivity contribution in [2.45, 2.75) is 48.5 Å². The van der Waals surface area contributed by atoms with Crippen LogP contribution in [0.3, 0.4) is 0 Å². The summed E-state index contributed by atoms with van der Waals surface area (Å²) in [5, 5.41) is 23.9. The molecule has 3 aromatic rings. The zero-order valence-electron chi connectivity index (χ0n) is 15.6. The molecule has 3 aliphatic heterocycles. The van der Waals surface area contributed by atoms with Crippen LogP contribution < -0.4 is 4.74 Å². The molecule has 5 nitrogen and oxygen atoms in total. The second kappa shape index (κ2) is 4.56. The minimum absolute atomic E-state index is 0.0764. The number of phenolic OH excluding ortho intramolecular Hbond substituents is 1. The highest BCUT2D eigenvalue weighted by Crippen LogP contribution is 2.69. The lowest BCUT2D eigenvalue weighted by atomic mass is 9.47. The van der Waals surface area contributed by atoms with Crippen LogP contribution in [-0.4, -0.2) is 39.8 Å². The van der Waals surface area contributed by atoms with Gasteiger partial charge in [-0.2, -0.15) is 0 Å². The van der Waals surface area contributed by atoms with Crippen molar-refractivity contribution in [3.05, 3.63) is 59.4 Å².